The van der Waals surface area contributed by atoms with Crippen LogP contribution in [0.1, 0.15) is 17.5 Å². The molecule has 1 aromatic heterocycles. The number of nitrogens with one attached hydrogen (secondary N) is 1. The van der Waals surface area contributed by atoms with E-state index in [0.29, 0.717) is 45.1 Å². The minimum Gasteiger partial charge on any atom is -0.379 e. The van der Waals surface area contributed by atoms with E-state index in [0.717, 1.165) is 11.1 Å². The van der Waals surface area contributed by atoms with Crippen LogP contribution in [0.3, 0.4) is 0 Å². The summed E-state index contributed by atoms with van der Waals surface area (Å²) in [6, 6.07) is 18.4. The number of benzene rings is 2. The molecule has 9 heteroatoms. The summed E-state index contributed by atoms with van der Waals surface area (Å²) in [5.74, 6) is 0.524. The number of sulfonamides is 1. The van der Waals surface area contributed by atoms with Crippen LogP contribution in [0.5, 0.6) is 0 Å². The van der Waals surface area contributed by atoms with E-state index < -0.39 is 10.0 Å². The second kappa shape index (κ2) is 10.1. The fourth-order valence-electron chi connectivity index (χ4n) is 3.55. The summed E-state index contributed by atoms with van der Waals surface area (Å²) >= 11 is 0. The molecule has 1 saturated heterocycles. The predicted octanol–water partition coefficient (Wildman–Crippen LogP) is 2.52. The normalized spacial score (nSPS) is 14.9. The lowest BCUT2D eigenvalue weighted by molar-refractivity contribution is -0.116. The number of carbonyl (C=O) groups is 1. The average Bonchev–Trinajstić information content (AvgIpc) is 3.25. The van der Waals surface area contributed by atoms with Crippen LogP contribution in [0.4, 0.5) is 5.82 Å². The second-order valence-electron chi connectivity index (χ2n) is 7.57. The average molecular weight is 455 g/mol. The molecule has 4 rings (SSSR count). The number of amides is 1. The number of aromatic nitrogens is 2. The smallest absolute Gasteiger partial charge is 0.243 e. The van der Waals surface area contributed by atoms with Gasteiger partial charge in [0, 0.05) is 25.6 Å². The van der Waals surface area contributed by atoms with Crippen molar-refractivity contribution < 1.29 is 17.9 Å². The van der Waals surface area contributed by atoms with Gasteiger partial charge in [-0.3, -0.25) is 4.79 Å². The Hall–Kier alpha value is -3.01. The lowest BCUT2D eigenvalue weighted by atomic mass is 10.1. The Labute approximate surface area is 187 Å². The minimum atomic E-state index is -3.51. The topological polar surface area (TPSA) is 93.5 Å². The molecule has 8 nitrogen and oxygen atoms in total. The van der Waals surface area contributed by atoms with Crippen LogP contribution in [-0.4, -0.2) is 54.7 Å². The van der Waals surface area contributed by atoms with Gasteiger partial charge in [-0.1, -0.05) is 42.5 Å². The monoisotopic (exact) mass is 454 g/mol. The molecule has 2 heterocycles. The first-order chi connectivity index (χ1) is 15.5. The fourth-order valence-corrected chi connectivity index (χ4v) is 4.96. The quantitative estimate of drug-likeness (QED) is 0.565. The van der Waals surface area contributed by atoms with Gasteiger partial charge < -0.3 is 10.1 Å². The van der Waals surface area contributed by atoms with Crippen molar-refractivity contribution in [3.05, 3.63) is 78.0 Å². The molecule has 3 aromatic rings. The number of hydrogen-bond donors (Lipinski definition) is 1. The zero-order chi connectivity index (χ0) is 22.4. The van der Waals surface area contributed by atoms with Gasteiger partial charge in [0.25, 0.3) is 0 Å². The number of carbonyl (C=O) groups excluding carboxylic acids is 1. The molecule has 32 heavy (non-hydrogen) atoms. The van der Waals surface area contributed by atoms with E-state index >= 15 is 0 Å². The molecule has 0 radical (unpaired) electrons. The van der Waals surface area contributed by atoms with Crippen molar-refractivity contribution >= 4 is 21.7 Å². The van der Waals surface area contributed by atoms with Gasteiger partial charge in [0.15, 0.2) is 0 Å². The molecule has 0 spiro atoms. The zero-order valence-corrected chi connectivity index (χ0v) is 18.5. The Morgan fingerprint density at radius 1 is 0.969 bits per heavy atom. The maximum absolute atomic E-state index is 12.7. The Bertz CT molecular complexity index is 1140. The molecular formula is C23H26N4O4S. The molecule has 1 N–H and O–H groups in total. The molecular weight excluding hydrogens is 428 g/mol. The summed E-state index contributed by atoms with van der Waals surface area (Å²) in [5.41, 5.74) is 2.00. The van der Waals surface area contributed by atoms with E-state index in [4.69, 9.17) is 4.74 Å². The van der Waals surface area contributed by atoms with Crippen molar-refractivity contribution in [3.63, 3.8) is 0 Å². The standard InChI is InChI=1S/C23H26N4O4S/c28-23(25-22-12-13-24-27(22)18-20-4-2-1-3-5-20)11-8-19-6-9-21(10-7-19)32(29,30)26-14-16-31-17-15-26/h1-7,9-10,12-13H,8,11,14-18H2,(H,25,28). The first kappa shape index (κ1) is 22.2. The lowest BCUT2D eigenvalue weighted by Crippen LogP contribution is -2.40. The fraction of sp³-hybridized carbons (Fsp3) is 0.304. The van der Waals surface area contributed by atoms with Gasteiger partial charge in [0.2, 0.25) is 15.9 Å². The van der Waals surface area contributed by atoms with Crippen molar-refractivity contribution in [2.24, 2.45) is 0 Å². The van der Waals surface area contributed by atoms with Gasteiger partial charge in [0.05, 0.1) is 30.9 Å². The van der Waals surface area contributed by atoms with E-state index in [1.54, 1.807) is 41.2 Å². The van der Waals surface area contributed by atoms with Crippen LogP contribution in [0, 0.1) is 0 Å². The number of morpholine rings is 1. The van der Waals surface area contributed by atoms with E-state index in [2.05, 4.69) is 10.4 Å². The number of ether oxygens (including phenoxy) is 1. The van der Waals surface area contributed by atoms with Crippen LogP contribution < -0.4 is 5.32 Å². The summed E-state index contributed by atoms with van der Waals surface area (Å²) in [5, 5.41) is 7.19. The maximum atomic E-state index is 12.7. The molecule has 1 aliphatic heterocycles. The van der Waals surface area contributed by atoms with Crippen LogP contribution in [-0.2, 0) is 32.5 Å². The minimum absolute atomic E-state index is 0.121. The summed E-state index contributed by atoms with van der Waals surface area (Å²) < 4.78 is 33.8. The Balaban J connectivity index is 1.32. The van der Waals surface area contributed by atoms with Gasteiger partial charge in [-0.2, -0.15) is 9.40 Å². The first-order valence-electron chi connectivity index (χ1n) is 10.5. The van der Waals surface area contributed by atoms with E-state index in [-0.39, 0.29) is 17.2 Å². The summed E-state index contributed by atoms with van der Waals surface area (Å²) in [4.78, 5) is 12.7. The highest BCUT2D eigenvalue weighted by Crippen LogP contribution is 2.18. The highest BCUT2D eigenvalue weighted by Gasteiger charge is 2.26. The number of hydrogen-bond acceptors (Lipinski definition) is 5. The van der Waals surface area contributed by atoms with E-state index in [1.165, 1.54) is 4.31 Å². The van der Waals surface area contributed by atoms with Crippen molar-refractivity contribution in [2.75, 3.05) is 31.6 Å². The van der Waals surface area contributed by atoms with Gasteiger partial charge >= 0.3 is 0 Å². The second-order valence-corrected chi connectivity index (χ2v) is 9.51. The van der Waals surface area contributed by atoms with E-state index in [1.807, 2.05) is 30.3 Å². The molecule has 0 saturated carbocycles. The summed E-state index contributed by atoms with van der Waals surface area (Å²) in [6.45, 7) is 2.13. The van der Waals surface area contributed by atoms with Crippen molar-refractivity contribution in [1.82, 2.24) is 14.1 Å². The van der Waals surface area contributed by atoms with Crippen LogP contribution in [0.2, 0.25) is 0 Å². The predicted molar refractivity (Wildman–Crippen MR) is 121 cm³/mol. The molecule has 0 atom stereocenters. The molecule has 1 fully saturated rings. The number of nitrogens with zero attached hydrogens (tertiary/aromatic N) is 3. The Morgan fingerprint density at radius 2 is 1.69 bits per heavy atom. The molecule has 0 bridgehead atoms. The number of rotatable bonds is 8. The van der Waals surface area contributed by atoms with Crippen LogP contribution in [0.25, 0.3) is 0 Å². The van der Waals surface area contributed by atoms with Crippen LogP contribution >= 0.6 is 0 Å². The van der Waals surface area contributed by atoms with Crippen molar-refractivity contribution in [1.29, 1.82) is 0 Å². The zero-order valence-electron chi connectivity index (χ0n) is 17.7. The molecule has 168 valence electrons. The van der Waals surface area contributed by atoms with Gasteiger partial charge in [-0.05, 0) is 29.7 Å². The third kappa shape index (κ3) is 5.42. The third-order valence-corrected chi connectivity index (χ3v) is 7.24. The lowest BCUT2D eigenvalue weighted by Gasteiger charge is -2.26. The highest BCUT2D eigenvalue weighted by molar-refractivity contribution is 7.89. The van der Waals surface area contributed by atoms with Crippen molar-refractivity contribution in [3.8, 4) is 0 Å². The third-order valence-electron chi connectivity index (χ3n) is 5.33. The van der Waals surface area contributed by atoms with E-state index in [9.17, 15) is 13.2 Å². The maximum Gasteiger partial charge on any atom is 0.243 e. The molecule has 0 aliphatic carbocycles. The van der Waals surface area contributed by atoms with Gasteiger partial charge in [-0.25, -0.2) is 13.1 Å². The molecule has 0 unspecified atom stereocenters. The Kier molecular flexibility index (Phi) is 6.99. The van der Waals surface area contributed by atoms with Gasteiger partial charge in [-0.15, -0.1) is 0 Å². The molecule has 1 amide bonds. The van der Waals surface area contributed by atoms with Crippen LogP contribution in [0.15, 0.2) is 71.8 Å². The van der Waals surface area contributed by atoms with Crippen molar-refractivity contribution in [2.45, 2.75) is 24.3 Å². The van der Waals surface area contributed by atoms with Gasteiger partial charge in [0.1, 0.15) is 5.82 Å². The SMILES string of the molecule is O=C(CCc1ccc(S(=O)(=O)N2CCOCC2)cc1)Nc1ccnn1Cc1ccccc1. The number of aryl methyl sites for hydroxylation is 1. The summed E-state index contributed by atoms with van der Waals surface area (Å²) in [6.07, 6.45) is 2.45. The Morgan fingerprint density at radius 3 is 2.41 bits per heavy atom. The molecule has 2 aromatic carbocycles. The number of anilines is 1. The summed E-state index contributed by atoms with van der Waals surface area (Å²) in [7, 11) is -3.51. The first-order valence-corrected chi connectivity index (χ1v) is 12.0. The molecule has 1 aliphatic rings. The largest absolute Gasteiger partial charge is 0.379 e. The highest BCUT2D eigenvalue weighted by atomic mass is 32.2.